The van der Waals surface area contributed by atoms with Crippen molar-refractivity contribution < 1.29 is 8.42 Å². The first-order valence-corrected chi connectivity index (χ1v) is 9.08. The first kappa shape index (κ1) is 16.8. The van der Waals surface area contributed by atoms with Crippen molar-refractivity contribution in [3.05, 3.63) is 70.5 Å². The quantitative estimate of drug-likeness (QED) is 0.732. The lowest BCUT2D eigenvalue weighted by Gasteiger charge is -2.04. The lowest BCUT2D eigenvalue weighted by atomic mass is 10.2. The predicted molar refractivity (Wildman–Crippen MR) is 92.8 cm³/mol. The Balaban J connectivity index is 1.75. The third-order valence-electron chi connectivity index (χ3n) is 3.12. The molecule has 0 aliphatic rings. The molecule has 0 spiro atoms. The normalized spacial score (nSPS) is 11.4. The summed E-state index contributed by atoms with van der Waals surface area (Å²) in [5, 5.41) is 5.19. The Morgan fingerprint density at radius 2 is 1.79 bits per heavy atom. The maximum atomic E-state index is 12.3. The van der Waals surface area contributed by atoms with Gasteiger partial charge in [-0.3, -0.25) is 0 Å². The van der Waals surface area contributed by atoms with E-state index in [9.17, 15) is 8.42 Å². The summed E-state index contributed by atoms with van der Waals surface area (Å²) in [5.41, 5.74) is 0.930. The Bertz CT molecular complexity index is 956. The smallest absolute Gasteiger partial charge is 0.246 e. The molecule has 0 saturated heterocycles. The topological polar surface area (TPSA) is 76.9 Å². The molecule has 1 N–H and O–H groups in total. The molecule has 9 heteroatoms. The van der Waals surface area contributed by atoms with Gasteiger partial charge in [0.2, 0.25) is 0 Å². The van der Waals surface area contributed by atoms with Gasteiger partial charge in [0, 0.05) is 10.0 Å². The van der Waals surface area contributed by atoms with Crippen LogP contribution in [-0.2, 0) is 16.6 Å². The van der Waals surface area contributed by atoms with E-state index in [1.165, 1.54) is 35.3 Å². The minimum atomic E-state index is -3.76. The fourth-order valence-corrected chi connectivity index (χ4v) is 3.32. The van der Waals surface area contributed by atoms with Crippen LogP contribution in [0.5, 0.6) is 0 Å². The van der Waals surface area contributed by atoms with Crippen LogP contribution in [0.4, 0.5) is 5.95 Å². The van der Waals surface area contributed by atoms with E-state index in [0.29, 0.717) is 16.6 Å². The largest absolute Gasteiger partial charge is 0.264 e. The van der Waals surface area contributed by atoms with Crippen LogP contribution in [0.3, 0.4) is 0 Å². The van der Waals surface area contributed by atoms with Crippen LogP contribution >= 0.6 is 23.2 Å². The van der Waals surface area contributed by atoms with Gasteiger partial charge in [-0.15, -0.1) is 5.10 Å². The molecule has 3 rings (SSSR count). The highest BCUT2D eigenvalue weighted by Gasteiger charge is 2.16. The summed E-state index contributed by atoms with van der Waals surface area (Å²) in [6, 6.07) is 13.1. The summed E-state index contributed by atoms with van der Waals surface area (Å²) in [7, 11) is -3.76. The summed E-state index contributed by atoms with van der Waals surface area (Å²) in [5.74, 6) is -0.00743. The van der Waals surface area contributed by atoms with Gasteiger partial charge in [0.05, 0.1) is 11.4 Å². The molecule has 1 aromatic heterocycles. The van der Waals surface area contributed by atoms with Crippen molar-refractivity contribution in [2.45, 2.75) is 11.4 Å². The highest BCUT2D eigenvalue weighted by Crippen LogP contribution is 2.17. The fourth-order valence-electron chi connectivity index (χ4n) is 2.03. The van der Waals surface area contributed by atoms with E-state index in [-0.39, 0.29) is 10.8 Å². The molecule has 0 radical (unpaired) electrons. The number of hydrogen-bond acceptors (Lipinski definition) is 4. The number of halogens is 2. The zero-order valence-corrected chi connectivity index (χ0v) is 14.6. The third-order valence-corrected chi connectivity index (χ3v) is 4.95. The van der Waals surface area contributed by atoms with Crippen LogP contribution < -0.4 is 4.72 Å². The molecule has 124 valence electrons. The van der Waals surface area contributed by atoms with E-state index < -0.39 is 10.0 Å². The van der Waals surface area contributed by atoms with Crippen LogP contribution in [0, 0.1) is 0 Å². The van der Waals surface area contributed by atoms with Crippen LogP contribution in [0.25, 0.3) is 0 Å². The SMILES string of the molecule is O=S(=O)(Nc1ncn(Cc2cccc(Cl)c2)n1)c1ccc(Cl)cc1. The summed E-state index contributed by atoms with van der Waals surface area (Å²) in [6.45, 7) is 0.427. The molecule has 0 amide bonds. The first-order valence-electron chi connectivity index (χ1n) is 6.85. The number of rotatable bonds is 5. The molecule has 0 saturated carbocycles. The number of hydrogen-bond donors (Lipinski definition) is 1. The van der Waals surface area contributed by atoms with Gasteiger partial charge in [-0.1, -0.05) is 35.3 Å². The average molecular weight is 383 g/mol. The van der Waals surface area contributed by atoms with E-state index in [2.05, 4.69) is 14.8 Å². The van der Waals surface area contributed by atoms with E-state index in [4.69, 9.17) is 23.2 Å². The minimum absolute atomic E-state index is 0.00743. The number of sulfonamides is 1. The fraction of sp³-hybridized carbons (Fsp3) is 0.0667. The van der Waals surface area contributed by atoms with Crippen molar-refractivity contribution in [1.29, 1.82) is 0 Å². The highest BCUT2D eigenvalue weighted by molar-refractivity contribution is 7.92. The van der Waals surface area contributed by atoms with E-state index in [0.717, 1.165) is 5.56 Å². The van der Waals surface area contributed by atoms with Crippen molar-refractivity contribution in [2.24, 2.45) is 0 Å². The molecule has 1 heterocycles. The van der Waals surface area contributed by atoms with Gasteiger partial charge in [0.25, 0.3) is 16.0 Å². The monoisotopic (exact) mass is 382 g/mol. The molecule has 0 aliphatic carbocycles. The first-order chi connectivity index (χ1) is 11.4. The second-order valence-electron chi connectivity index (χ2n) is 4.96. The molecule has 24 heavy (non-hydrogen) atoms. The van der Waals surface area contributed by atoms with Crippen molar-refractivity contribution >= 4 is 39.2 Å². The Labute approximate surface area is 149 Å². The van der Waals surface area contributed by atoms with E-state index in [1.54, 1.807) is 12.1 Å². The number of nitrogens with one attached hydrogen (secondary N) is 1. The van der Waals surface area contributed by atoms with Crippen molar-refractivity contribution in [2.75, 3.05) is 4.72 Å². The van der Waals surface area contributed by atoms with Gasteiger partial charge < -0.3 is 0 Å². The molecule has 3 aromatic rings. The lowest BCUT2D eigenvalue weighted by molar-refractivity contribution is 0.600. The van der Waals surface area contributed by atoms with Gasteiger partial charge >= 0.3 is 0 Å². The van der Waals surface area contributed by atoms with E-state index in [1.807, 2.05) is 12.1 Å². The van der Waals surface area contributed by atoms with Gasteiger partial charge in [-0.05, 0) is 42.0 Å². The Morgan fingerprint density at radius 3 is 2.50 bits per heavy atom. The maximum absolute atomic E-state index is 12.3. The number of aromatic nitrogens is 3. The summed E-state index contributed by atoms with van der Waals surface area (Å²) >= 11 is 11.7. The standard InChI is InChI=1S/C15H12Cl2N4O2S/c16-12-4-6-14(7-5-12)24(22,23)20-15-18-10-21(19-15)9-11-2-1-3-13(17)8-11/h1-8,10H,9H2,(H,19,20). The molecule has 0 bridgehead atoms. The second-order valence-corrected chi connectivity index (χ2v) is 7.51. The van der Waals surface area contributed by atoms with Crippen molar-refractivity contribution in [3.8, 4) is 0 Å². The Morgan fingerprint density at radius 1 is 1.04 bits per heavy atom. The maximum Gasteiger partial charge on any atom is 0.264 e. The highest BCUT2D eigenvalue weighted by atomic mass is 35.5. The summed E-state index contributed by atoms with van der Waals surface area (Å²) < 4.78 is 28.4. The molecule has 0 atom stereocenters. The average Bonchev–Trinajstić information content (AvgIpc) is 2.94. The molecular weight excluding hydrogens is 371 g/mol. The summed E-state index contributed by atoms with van der Waals surface area (Å²) in [6.07, 6.45) is 1.45. The number of benzene rings is 2. The lowest BCUT2D eigenvalue weighted by Crippen LogP contribution is -2.14. The number of nitrogens with zero attached hydrogens (tertiary/aromatic N) is 3. The molecule has 0 aliphatic heterocycles. The summed E-state index contributed by atoms with van der Waals surface area (Å²) in [4.78, 5) is 4.05. The van der Waals surface area contributed by atoms with Gasteiger partial charge in [0.1, 0.15) is 6.33 Å². The zero-order valence-electron chi connectivity index (χ0n) is 12.2. The van der Waals surface area contributed by atoms with Crippen molar-refractivity contribution in [3.63, 3.8) is 0 Å². The van der Waals surface area contributed by atoms with Crippen LogP contribution in [-0.4, -0.2) is 23.2 Å². The molecule has 2 aromatic carbocycles. The Hall–Kier alpha value is -2.09. The molecule has 6 nitrogen and oxygen atoms in total. The third kappa shape index (κ3) is 4.05. The minimum Gasteiger partial charge on any atom is -0.246 e. The van der Waals surface area contributed by atoms with Gasteiger partial charge in [0.15, 0.2) is 0 Å². The molecule has 0 unspecified atom stereocenters. The van der Waals surface area contributed by atoms with Gasteiger partial charge in [-0.2, -0.15) is 4.98 Å². The number of anilines is 1. The predicted octanol–water partition coefficient (Wildman–Crippen LogP) is 3.43. The second kappa shape index (κ2) is 6.80. The van der Waals surface area contributed by atoms with Crippen molar-refractivity contribution in [1.82, 2.24) is 14.8 Å². The van der Waals surface area contributed by atoms with Crippen LogP contribution in [0.1, 0.15) is 5.56 Å². The zero-order chi connectivity index (χ0) is 17.2. The van der Waals surface area contributed by atoms with E-state index >= 15 is 0 Å². The molecule has 0 fully saturated rings. The van der Waals surface area contributed by atoms with Crippen LogP contribution in [0.15, 0.2) is 59.8 Å². The van der Waals surface area contributed by atoms with Crippen LogP contribution in [0.2, 0.25) is 10.0 Å². The van der Waals surface area contributed by atoms with Gasteiger partial charge in [-0.25, -0.2) is 17.8 Å². The molecular formula is C15H12Cl2N4O2S. The Kier molecular flexibility index (Phi) is 4.75.